The molecule has 2 aliphatic rings. The number of benzene rings is 1. The van der Waals surface area contributed by atoms with E-state index in [1.807, 2.05) is 0 Å². The molecule has 1 aliphatic heterocycles. The first-order valence-electron chi connectivity index (χ1n) is 7.62. The van der Waals surface area contributed by atoms with Gasteiger partial charge in [0.25, 0.3) is 0 Å². The van der Waals surface area contributed by atoms with Crippen LogP contribution < -0.4 is 11.1 Å². The Morgan fingerprint density at radius 2 is 2.04 bits per heavy atom. The summed E-state index contributed by atoms with van der Waals surface area (Å²) in [6.07, 6.45) is 1.88. The lowest BCUT2D eigenvalue weighted by Gasteiger charge is -2.19. The topological polar surface area (TPSA) is 92.5 Å². The van der Waals surface area contributed by atoms with E-state index >= 15 is 0 Å². The zero-order valence-electron chi connectivity index (χ0n) is 13.2. The highest BCUT2D eigenvalue weighted by atomic mass is 35.5. The second-order valence-corrected chi connectivity index (χ2v) is 8.25. The summed E-state index contributed by atoms with van der Waals surface area (Å²) in [5.74, 6) is -0.630. The molecule has 0 spiro atoms. The van der Waals surface area contributed by atoms with E-state index < -0.39 is 21.7 Å². The van der Waals surface area contributed by atoms with Gasteiger partial charge in [0, 0.05) is 26.1 Å². The smallest absolute Gasteiger partial charge is 0.243 e. The molecule has 9 heteroatoms. The van der Waals surface area contributed by atoms with Crippen LogP contribution >= 0.6 is 12.4 Å². The second kappa shape index (κ2) is 6.95. The van der Waals surface area contributed by atoms with Crippen molar-refractivity contribution in [1.29, 1.82) is 0 Å². The van der Waals surface area contributed by atoms with Crippen LogP contribution in [0.25, 0.3) is 0 Å². The Hall–Kier alpha value is -1.22. The van der Waals surface area contributed by atoms with Gasteiger partial charge in [0.15, 0.2) is 0 Å². The van der Waals surface area contributed by atoms with Gasteiger partial charge in [-0.05, 0) is 42.9 Å². The second-order valence-electron chi connectivity index (χ2n) is 6.31. The Morgan fingerprint density at radius 3 is 2.67 bits per heavy atom. The van der Waals surface area contributed by atoms with Crippen molar-refractivity contribution in [2.24, 2.45) is 17.6 Å². The minimum atomic E-state index is -3.72. The van der Waals surface area contributed by atoms with Crippen molar-refractivity contribution in [3.8, 4) is 0 Å². The summed E-state index contributed by atoms with van der Waals surface area (Å²) < 4.78 is 40.7. The molecule has 3 N–H and O–H groups in total. The van der Waals surface area contributed by atoms with Crippen LogP contribution in [0.15, 0.2) is 23.1 Å². The number of hydrogen-bond donors (Lipinski definition) is 2. The molecule has 1 saturated heterocycles. The van der Waals surface area contributed by atoms with E-state index in [2.05, 4.69) is 5.32 Å². The number of halogens is 2. The van der Waals surface area contributed by atoms with E-state index in [9.17, 15) is 17.6 Å². The number of sulfonamides is 1. The van der Waals surface area contributed by atoms with Gasteiger partial charge in [0.2, 0.25) is 15.9 Å². The van der Waals surface area contributed by atoms with Crippen molar-refractivity contribution >= 4 is 34.0 Å². The Kier molecular flexibility index (Phi) is 5.54. The van der Waals surface area contributed by atoms with E-state index in [1.54, 1.807) is 0 Å². The molecular formula is C15H21ClFN3O3S. The van der Waals surface area contributed by atoms with Gasteiger partial charge in [-0.1, -0.05) is 0 Å². The van der Waals surface area contributed by atoms with E-state index in [1.165, 1.54) is 23.4 Å². The van der Waals surface area contributed by atoms with Gasteiger partial charge >= 0.3 is 0 Å². The third-order valence-electron chi connectivity index (χ3n) is 4.77. The molecule has 6 nitrogen and oxygen atoms in total. The molecule has 0 bridgehead atoms. The first kappa shape index (κ1) is 19.1. The highest BCUT2D eigenvalue weighted by Crippen LogP contribution is 2.39. The molecule has 1 aromatic carbocycles. The normalized spacial score (nSPS) is 26.7. The Balaban J connectivity index is 0.00000208. The third kappa shape index (κ3) is 3.42. The summed E-state index contributed by atoms with van der Waals surface area (Å²) in [4.78, 5) is 11.1. The number of nitrogens with zero attached hydrogens (tertiary/aromatic N) is 1. The molecule has 3 atom stereocenters. The summed E-state index contributed by atoms with van der Waals surface area (Å²) in [5.41, 5.74) is 5.91. The number of amides is 1. The van der Waals surface area contributed by atoms with Crippen LogP contribution in [0.1, 0.15) is 19.8 Å². The lowest BCUT2D eigenvalue weighted by molar-refractivity contribution is -0.114. The highest BCUT2D eigenvalue weighted by molar-refractivity contribution is 7.89. The van der Waals surface area contributed by atoms with Crippen LogP contribution in [0.2, 0.25) is 0 Å². The fraction of sp³-hybridized carbons (Fsp3) is 0.533. The third-order valence-corrected chi connectivity index (χ3v) is 6.59. The zero-order chi connectivity index (χ0) is 16.8. The van der Waals surface area contributed by atoms with Gasteiger partial charge in [-0.15, -0.1) is 12.4 Å². The zero-order valence-corrected chi connectivity index (χ0v) is 14.9. The van der Waals surface area contributed by atoms with E-state index in [0.29, 0.717) is 19.0 Å². The summed E-state index contributed by atoms with van der Waals surface area (Å²) in [6, 6.07) is 3.49. The first-order valence-corrected chi connectivity index (χ1v) is 9.06. The van der Waals surface area contributed by atoms with Gasteiger partial charge in [-0.25, -0.2) is 12.8 Å². The molecule has 3 rings (SSSR count). The monoisotopic (exact) mass is 377 g/mol. The molecule has 0 radical (unpaired) electrons. The predicted molar refractivity (Wildman–Crippen MR) is 90.9 cm³/mol. The number of rotatable bonds is 3. The van der Waals surface area contributed by atoms with Crippen molar-refractivity contribution in [1.82, 2.24) is 4.31 Å². The summed E-state index contributed by atoms with van der Waals surface area (Å²) in [7, 11) is -3.72. The minimum absolute atomic E-state index is 0. The molecule has 1 heterocycles. The molecule has 2 fully saturated rings. The van der Waals surface area contributed by atoms with Crippen molar-refractivity contribution < 1.29 is 17.6 Å². The maximum Gasteiger partial charge on any atom is 0.243 e. The number of nitrogens with two attached hydrogens (primary N) is 1. The van der Waals surface area contributed by atoms with Crippen LogP contribution in [0, 0.1) is 17.7 Å². The molecule has 1 aliphatic carbocycles. The molecule has 1 aromatic rings. The van der Waals surface area contributed by atoms with Gasteiger partial charge in [0.1, 0.15) is 5.82 Å². The lowest BCUT2D eigenvalue weighted by Crippen LogP contribution is -2.33. The Labute approximate surface area is 147 Å². The highest BCUT2D eigenvalue weighted by Gasteiger charge is 2.45. The molecule has 1 amide bonds. The lowest BCUT2D eigenvalue weighted by atomic mass is 9.98. The number of fused-ring (bicyclic) bond motifs is 1. The van der Waals surface area contributed by atoms with Crippen LogP contribution in [-0.4, -0.2) is 37.8 Å². The van der Waals surface area contributed by atoms with Crippen molar-refractivity contribution in [3.05, 3.63) is 24.0 Å². The van der Waals surface area contributed by atoms with Crippen LogP contribution in [-0.2, 0) is 14.8 Å². The summed E-state index contributed by atoms with van der Waals surface area (Å²) >= 11 is 0. The van der Waals surface area contributed by atoms with E-state index in [-0.39, 0.29) is 34.9 Å². The quantitative estimate of drug-likeness (QED) is 0.836. The van der Waals surface area contributed by atoms with E-state index in [4.69, 9.17) is 5.73 Å². The average Bonchev–Trinajstić information content (AvgIpc) is 3.04. The van der Waals surface area contributed by atoms with Gasteiger partial charge < -0.3 is 11.1 Å². The van der Waals surface area contributed by atoms with Crippen LogP contribution in [0.3, 0.4) is 0 Å². The van der Waals surface area contributed by atoms with Gasteiger partial charge in [-0.2, -0.15) is 4.31 Å². The largest absolute Gasteiger partial charge is 0.327 e. The molecule has 134 valence electrons. The van der Waals surface area contributed by atoms with Crippen molar-refractivity contribution in [2.75, 3.05) is 18.4 Å². The maximum absolute atomic E-state index is 13.7. The first-order chi connectivity index (χ1) is 10.8. The number of carbonyl (C=O) groups is 1. The van der Waals surface area contributed by atoms with Crippen molar-refractivity contribution in [2.45, 2.75) is 30.7 Å². The Bertz CT molecular complexity index is 743. The van der Waals surface area contributed by atoms with Gasteiger partial charge in [-0.3, -0.25) is 4.79 Å². The number of anilines is 1. The minimum Gasteiger partial charge on any atom is -0.327 e. The molecule has 0 aromatic heterocycles. The van der Waals surface area contributed by atoms with Gasteiger partial charge in [0.05, 0.1) is 10.6 Å². The fourth-order valence-corrected chi connectivity index (χ4v) is 5.12. The van der Waals surface area contributed by atoms with Crippen LogP contribution in [0.4, 0.5) is 10.1 Å². The predicted octanol–water partition coefficient (Wildman–Crippen LogP) is 1.56. The SMILES string of the molecule is CC(=O)Nc1cc(S(=O)(=O)N2CC3CCC(N)C3C2)ccc1F.Cl. The number of carbonyl (C=O) groups excluding carboxylic acids is 1. The Morgan fingerprint density at radius 1 is 1.33 bits per heavy atom. The standard InChI is InChI=1S/C15H20FN3O3S.ClH/c1-9(20)18-15-6-11(3-4-13(15)16)23(21,22)19-7-10-2-5-14(17)12(10)8-19;/h3-4,6,10,12,14H,2,5,7-8,17H2,1H3,(H,18,20);1H. The molecular weight excluding hydrogens is 357 g/mol. The maximum atomic E-state index is 13.7. The molecule has 3 unspecified atom stereocenters. The molecule has 24 heavy (non-hydrogen) atoms. The van der Waals surface area contributed by atoms with E-state index in [0.717, 1.165) is 18.9 Å². The summed E-state index contributed by atoms with van der Waals surface area (Å²) in [6.45, 7) is 2.10. The fourth-order valence-electron chi connectivity index (χ4n) is 3.56. The molecule has 1 saturated carbocycles. The number of nitrogens with one attached hydrogen (secondary N) is 1. The summed E-state index contributed by atoms with van der Waals surface area (Å²) in [5, 5.41) is 2.31. The average molecular weight is 378 g/mol. The number of hydrogen-bond acceptors (Lipinski definition) is 4. The van der Waals surface area contributed by atoms with Crippen LogP contribution in [0.5, 0.6) is 0 Å². The van der Waals surface area contributed by atoms with Crippen molar-refractivity contribution in [3.63, 3.8) is 0 Å².